The molecule has 3 rings (SSSR count). The highest BCUT2D eigenvalue weighted by molar-refractivity contribution is 5.68. The number of likely N-dealkylation sites (N-methyl/N-ethyl adjacent to an activating group) is 1. The fourth-order valence-corrected chi connectivity index (χ4v) is 4.67. The largest absolute Gasteiger partial charge is 0.367 e. The molecular formula is C19H27N. The van der Waals surface area contributed by atoms with Crippen LogP contribution in [-0.4, -0.2) is 13.1 Å². The molecule has 2 atom stereocenters. The first-order chi connectivity index (χ1) is 9.63. The highest BCUT2D eigenvalue weighted by Crippen LogP contribution is 2.56. The summed E-state index contributed by atoms with van der Waals surface area (Å²) in [5, 5.41) is 0. The van der Waals surface area contributed by atoms with E-state index in [0.717, 1.165) is 0 Å². The number of fused-ring (bicyclic) bond motifs is 3. The van der Waals surface area contributed by atoms with Crippen LogP contribution in [0.4, 0.5) is 5.69 Å². The molecule has 0 N–H and O–H groups in total. The Bertz CT molecular complexity index is 542. The Morgan fingerprint density at radius 2 is 1.85 bits per heavy atom. The first-order valence-electron chi connectivity index (χ1n) is 8.16. The maximum absolute atomic E-state index is 2.54. The lowest BCUT2D eigenvalue weighted by Gasteiger charge is -2.31. The van der Waals surface area contributed by atoms with Gasteiger partial charge < -0.3 is 4.90 Å². The van der Waals surface area contributed by atoms with Crippen molar-refractivity contribution in [1.82, 2.24) is 0 Å². The van der Waals surface area contributed by atoms with Crippen LogP contribution in [0.15, 0.2) is 35.4 Å². The average Bonchev–Trinajstić information content (AvgIpc) is 2.83. The van der Waals surface area contributed by atoms with Gasteiger partial charge in [-0.2, -0.15) is 0 Å². The lowest BCUT2D eigenvalue weighted by atomic mass is 9.77. The van der Waals surface area contributed by atoms with E-state index in [4.69, 9.17) is 0 Å². The van der Waals surface area contributed by atoms with E-state index in [1.807, 2.05) is 0 Å². The van der Waals surface area contributed by atoms with Crippen molar-refractivity contribution in [3.05, 3.63) is 41.0 Å². The van der Waals surface area contributed by atoms with Crippen LogP contribution in [0.1, 0.15) is 58.4 Å². The quantitative estimate of drug-likeness (QED) is 0.690. The van der Waals surface area contributed by atoms with Crippen molar-refractivity contribution in [3.8, 4) is 0 Å². The summed E-state index contributed by atoms with van der Waals surface area (Å²) in [6.07, 6.45) is 6.36. The van der Waals surface area contributed by atoms with Crippen molar-refractivity contribution in [2.24, 2.45) is 0 Å². The molecule has 0 saturated heterocycles. The number of nitrogens with zero attached hydrogens (tertiary/aromatic N) is 1. The maximum atomic E-state index is 2.54. The van der Waals surface area contributed by atoms with Crippen LogP contribution >= 0.6 is 0 Å². The molecule has 20 heavy (non-hydrogen) atoms. The van der Waals surface area contributed by atoms with Gasteiger partial charge in [0.15, 0.2) is 0 Å². The molecule has 1 aromatic carbocycles. The van der Waals surface area contributed by atoms with Crippen molar-refractivity contribution >= 4 is 5.69 Å². The topological polar surface area (TPSA) is 3.24 Å². The van der Waals surface area contributed by atoms with Gasteiger partial charge in [0.1, 0.15) is 0 Å². The van der Waals surface area contributed by atoms with Gasteiger partial charge in [0.05, 0.1) is 6.04 Å². The second-order valence-corrected chi connectivity index (χ2v) is 6.75. The second kappa shape index (κ2) is 4.95. The van der Waals surface area contributed by atoms with Gasteiger partial charge in [-0.25, -0.2) is 0 Å². The molecule has 0 spiro atoms. The van der Waals surface area contributed by atoms with Gasteiger partial charge in [0, 0.05) is 18.2 Å². The third kappa shape index (κ3) is 1.75. The summed E-state index contributed by atoms with van der Waals surface area (Å²) in [6.45, 7) is 7.11. The number of para-hydroxylation sites is 1. The molecule has 0 saturated carbocycles. The summed E-state index contributed by atoms with van der Waals surface area (Å²) in [6, 6.07) is 9.63. The first kappa shape index (κ1) is 13.7. The van der Waals surface area contributed by atoms with Gasteiger partial charge in [-0.15, -0.1) is 0 Å². The Morgan fingerprint density at radius 1 is 1.15 bits per heavy atom. The summed E-state index contributed by atoms with van der Waals surface area (Å²) in [4.78, 5) is 2.54. The molecule has 1 aromatic rings. The van der Waals surface area contributed by atoms with Crippen molar-refractivity contribution in [1.29, 1.82) is 0 Å². The fraction of sp³-hybridized carbons (Fsp3) is 0.579. The van der Waals surface area contributed by atoms with E-state index in [2.05, 4.69) is 57.0 Å². The van der Waals surface area contributed by atoms with Gasteiger partial charge in [-0.3, -0.25) is 0 Å². The Morgan fingerprint density at radius 3 is 2.55 bits per heavy atom. The highest BCUT2D eigenvalue weighted by Gasteiger charge is 2.52. The second-order valence-electron chi connectivity index (χ2n) is 6.75. The Hall–Kier alpha value is -1.24. The van der Waals surface area contributed by atoms with Gasteiger partial charge in [-0.05, 0) is 36.5 Å². The van der Waals surface area contributed by atoms with E-state index in [9.17, 15) is 0 Å². The maximum Gasteiger partial charge on any atom is 0.0599 e. The van der Waals surface area contributed by atoms with E-state index in [-0.39, 0.29) is 0 Å². The SMILES string of the molecule is CCCC1=C(CCC)[C@@H]2N(C)c3ccccc3[C@]2(C)C1. The molecule has 1 heterocycles. The molecule has 1 heteroatoms. The summed E-state index contributed by atoms with van der Waals surface area (Å²) in [7, 11) is 2.29. The zero-order valence-corrected chi connectivity index (χ0v) is 13.4. The van der Waals surface area contributed by atoms with Crippen LogP contribution in [0.3, 0.4) is 0 Å². The van der Waals surface area contributed by atoms with Crippen LogP contribution < -0.4 is 4.90 Å². The predicted molar refractivity (Wildman–Crippen MR) is 87.4 cm³/mol. The van der Waals surface area contributed by atoms with Gasteiger partial charge >= 0.3 is 0 Å². The number of hydrogen-bond acceptors (Lipinski definition) is 1. The van der Waals surface area contributed by atoms with E-state index in [1.54, 1.807) is 16.7 Å². The zero-order valence-electron chi connectivity index (χ0n) is 13.4. The smallest absolute Gasteiger partial charge is 0.0599 e. The molecule has 0 aromatic heterocycles. The highest BCUT2D eigenvalue weighted by atomic mass is 15.2. The fourth-order valence-electron chi connectivity index (χ4n) is 4.67. The molecule has 1 aliphatic heterocycles. The number of rotatable bonds is 4. The van der Waals surface area contributed by atoms with Gasteiger partial charge in [-0.1, -0.05) is 57.4 Å². The molecule has 0 fully saturated rings. The minimum Gasteiger partial charge on any atom is -0.367 e. The molecule has 0 bridgehead atoms. The lowest BCUT2D eigenvalue weighted by Crippen LogP contribution is -2.39. The van der Waals surface area contributed by atoms with Crippen molar-refractivity contribution in [2.45, 2.75) is 64.3 Å². The summed E-state index contributed by atoms with van der Waals surface area (Å²) < 4.78 is 0. The molecule has 1 aliphatic carbocycles. The lowest BCUT2D eigenvalue weighted by molar-refractivity contribution is 0.453. The van der Waals surface area contributed by atoms with E-state index < -0.39 is 0 Å². The van der Waals surface area contributed by atoms with Crippen LogP contribution in [0, 0.1) is 0 Å². The molecule has 0 unspecified atom stereocenters. The first-order valence-corrected chi connectivity index (χ1v) is 8.16. The molecular weight excluding hydrogens is 242 g/mol. The zero-order chi connectivity index (χ0) is 14.3. The Balaban J connectivity index is 2.07. The molecule has 0 radical (unpaired) electrons. The summed E-state index contributed by atoms with van der Waals surface area (Å²) in [5.41, 5.74) is 6.82. The number of anilines is 1. The summed E-state index contributed by atoms with van der Waals surface area (Å²) >= 11 is 0. The van der Waals surface area contributed by atoms with Crippen molar-refractivity contribution in [2.75, 3.05) is 11.9 Å². The number of benzene rings is 1. The molecule has 1 nitrogen and oxygen atoms in total. The van der Waals surface area contributed by atoms with Gasteiger partial charge in [0.2, 0.25) is 0 Å². The minimum absolute atomic E-state index is 0.306. The van der Waals surface area contributed by atoms with Crippen molar-refractivity contribution in [3.63, 3.8) is 0 Å². The number of hydrogen-bond donors (Lipinski definition) is 0. The van der Waals surface area contributed by atoms with E-state index in [0.29, 0.717) is 11.5 Å². The third-order valence-corrected chi connectivity index (χ3v) is 5.33. The average molecular weight is 269 g/mol. The molecule has 2 aliphatic rings. The van der Waals surface area contributed by atoms with Crippen LogP contribution in [0.25, 0.3) is 0 Å². The van der Waals surface area contributed by atoms with Gasteiger partial charge in [0.25, 0.3) is 0 Å². The number of allylic oxidation sites excluding steroid dienone is 1. The van der Waals surface area contributed by atoms with E-state index >= 15 is 0 Å². The standard InChI is InChI=1S/C19H27N/c1-5-9-14-13-19(3)16-11-7-8-12-17(16)20(4)18(19)15(14)10-6-2/h7-8,11-12,18H,5-6,9-10,13H2,1-4H3/t18-,19-/m0/s1. The monoisotopic (exact) mass is 269 g/mol. The predicted octanol–water partition coefficient (Wildman–Crippen LogP) is 5.06. The Kier molecular flexibility index (Phi) is 3.40. The molecule has 108 valence electrons. The van der Waals surface area contributed by atoms with Crippen LogP contribution in [0.2, 0.25) is 0 Å². The molecule has 0 amide bonds. The summed E-state index contributed by atoms with van der Waals surface area (Å²) in [5.74, 6) is 0. The Labute approximate surface area is 123 Å². The van der Waals surface area contributed by atoms with E-state index in [1.165, 1.54) is 37.8 Å². The van der Waals surface area contributed by atoms with Crippen LogP contribution in [-0.2, 0) is 5.41 Å². The normalized spacial score (nSPS) is 28.0. The van der Waals surface area contributed by atoms with Crippen molar-refractivity contribution < 1.29 is 0 Å². The minimum atomic E-state index is 0.306. The third-order valence-electron chi connectivity index (χ3n) is 5.33. The van der Waals surface area contributed by atoms with Crippen LogP contribution in [0.5, 0.6) is 0 Å².